The Labute approximate surface area is 87.7 Å². The average Bonchev–Trinajstić information content (AvgIpc) is 2.15. The molecule has 84 valence electrons. The van der Waals surface area contributed by atoms with Gasteiger partial charge in [0.05, 0.1) is 0 Å². The molecule has 3 heteroatoms. The van der Waals surface area contributed by atoms with E-state index in [4.69, 9.17) is 5.11 Å². The van der Waals surface area contributed by atoms with Crippen LogP contribution >= 0.6 is 0 Å². The Morgan fingerprint density at radius 2 is 1.93 bits per heavy atom. The summed E-state index contributed by atoms with van der Waals surface area (Å²) in [5.74, 6) is 0.772. The van der Waals surface area contributed by atoms with Crippen molar-refractivity contribution in [1.29, 1.82) is 0 Å². The van der Waals surface area contributed by atoms with Crippen molar-refractivity contribution in [2.24, 2.45) is 5.92 Å². The van der Waals surface area contributed by atoms with Gasteiger partial charge in [-0.2, -0.15) is 0 Å². The van der Waals surface area contributed by atoms with Crippen LogP contribution in [0.15, 0.2) is 0 Å². The molecule has 0 spiro atoms. The van der Waals surface area contributed by atoms with E-state index in [1.54, 1.807) is 0 Å². The Balaban J connectivity index is 2.43. The standard InChI is InChI=1S/C11H24N2O/c1-12(2)11(6-9-14)10-4-7-13(3)8-5-10/h10-11,14H,4-9H2,1-3H3. The number of hydrogen-bond acceptors (Lipinski definition) is 3. The fraction of sp³-hybridized carbons (Fsp3) is 1.00. The van der Waals surface area contributed by atoms with E-state index in [1.165, 1.54) is 25.9 Å². The Bertz CT molecular complexity index is 153. The summed E-state index contributed by atoms with van der Waals surface area (Å²) < 4.78 is 0. The molecule has 1 aliphatic heterocycles. The minimum Gasteiger partial charge on any atom is -0.396 e. The molecule has 0 bridgehead atoms. The summed E-state index contributed by atoms with van der Waals surface area (Å²) in [5, 5.41) is 9.03. The van der Waals surface area contributed by atoms with E-state index in [-0.39, 0.29) is 0 Å². The first kappa shape index (κ1) is 12.0. The summed E-state index contributed by atoms with van der Waals surface area (Å²) in [6.45, 7) is 2.73. The van der Waals surface area contributed by atoms with Crippen molar-refractivity contribution in [1.82, 2.24) is 9.80 Å². The summed E-state index contributed by atoms with van der Waals surface area (Å²) in [6.07, 6.45) is 3.47. The molecule has 1 rings (SSSR count). The largest absolute Gasteiger partial charge is 0.396 e. The molecule has 14 heavy (non-hydrogen) atoms. The van der Waals surface area contributed by atoms with Gasteiger partial charge in [-0.1, -0.05) is 0 Å². The lowest BCUT2D eigenvalue weighted by molar-refractivity contribution is 0.108. The second kappa shape index (κ2) is 5.69. The first-order valence-corrected chi connectivity index (χ1v) is 5.61. The van der Waals surface area contributed by atoms with Gasteiger partial charge in [0.25, 0.3) is 0 Å². The van der Waals surface area contributed by atoms with Crippen LogP contribution in [0, 0.1) is 5.92 Å². The van der Waals surface area contributed by atoms with Crippen LogP contribution in [0.4, 0.5) is 0 Å². The summed E-state index contributed by atoms with van der Waals surface area (Å²) in [6, 6.07) is 0.564. The Morgan fingerprint density at radius 3 is 2.36 bits per heavy atom. The topological polar surface area (TPSA) is 26.7 Å². The van der Waals surface area contributed by atoms with Crippen LogP contribution < -0.4 is 0 Å². The molecular weight excluding hydrogens is 176 g/mol. The molecular formula is C11H24N2O. The van der Waals surface area contributed by atoms with E-state index < -0.39 is 0 Å². The molecule has 1 atom stereocenters. The fourth-order valence-electron chi connectivity index (χ4n) is 2.46. The van der Waals surface area contributed by atoms with Gasteiger partial charge in [-0.15, -0.1) is 0 Å². The zero-order chi connectivity index (χ0) is 10.6. The first-order valence-electron chi connectivity index (χ1n) is 5.61. The van der Waals surface area contributed by atoms with E-state index in [0.29, 0.717) is 12.6 Å². The third-order valence-corrected chi connectivity index (χ3v) is 3.40. The van der Waals surface area contributed by atoms with Crippen molar-refractivity contribution in [3.05, 3.63) is 0 Å². The summed E-state index contributed by atoms with van der Waals surface area (Å²) >= 11 is 0. The lowest BCUT2D eigenvalue weighted by Gasteiger charge is -2.37. The lowest BCUT2D eigenvalue weighted by Crippen LogP contribution is -2.42. The van der Waals surface area contributed by atoms with Gasteiger partial charge in [-0.25, -0.2) is 0 Å². The minimum atomic E-state index is 0.315. The van der Waals surface area contributed by atoms with Gasteiger partial charge in [0, 0.05) is 12.6 Å². The van der Waals surface area contributed by atoms with Crippen molar-refractivity contribution in [3.63, 3.8) is 0 Å². The number of likely N-dealkylation sites (tertiary alicyclic amines) is 1. The van der Waals surface area contributed by atoms with E-state index in [2.05, 4.69) is 30.9 Å². The Morgan fingerprint density at radius 1 is 1.36 bits per heavy atom. The molecule has 1 N–H and O–H groups in total. The highest BCUT2D eigenvalue weighted by molar-refractivity contribution is 4.80. The summed E-state index contributed by atoms with van der Waals surface area (Å²) in [5.41, 5.74) is 0. The zero-order valence-corrected chi connectivity index (χ0v) is 9.74. The quantitative estimate of drug-likeness (QED) is 0.721. The number of aliphatic hydroxyl groups excluding tert-OH is 1. The van der Waals surface area contributed by atoms with Gasteiger partial charge in [-0.3, -0.25) is 0 Å². The number of aliphatic hydroxyl groups is 1. The van der Waals surface area contributed by atoms with Gasteiger partial charge < -0.3 is 14.9 Å². The van der Waals surface area contributed by atoms with Gasteiger partial charge >= 0.3 is 0 Å². The summed E-state index contributed by atoms with van der Waals surface area (Å²) in [4.78, 5) is 4.66. The molecule has 3 nitrogen and oxygen atoms in total. The number of rotatable bonds is 4. The third-order valence-electron chi connectivity index (χ3n) is 3.40. The third kappa shape index (κ3) is 3.23. The molecule has 1 heterocycles. The molecule has 1 unspecified atom stereocenters. The molecule has 0 aliphatic carbocycles. The monoisotopic (exact) mass is 200 g/mol. The van der Waals surface area contributed by atoms with Crippen LogP contribution in [0.1, 0.15) is 19.3 Å². The normalized spacial score (nSPS) is 22.9. The van der Waals surface area contributed by atoms with E-state index in [9.17, 15) is 0 Å². The fourth-order valence-corrected chi connectivity index (χ4v) is 2.46. The molecule has 0 amide bonds. The molecule has 0 saturated carbocycles. The highest BCUT2D eigenvalue weighted by atomic mass is 16.3. The van der Waals surface area contributed by atoms with Gasteiger partial charge in [-0.05, 0) is 59.4 Å². The van der Waals surface area contributed by atoms with Crippen LogP contribution in [0.2, 0.25) is 0 Å². The molecule has 0 aromatic heterocycles. The zero-order valence-electron chi connectivity index (χ0n) is 9.74. The molecule has 0 radical (unpaired) electrons. The van der Waals surface area contributed by atoms with Crippen LogP contribution in [-0.2, 0) is 0 Å². The van der Waals surface area contributed by atoms with Crippen LogP contribution in [0.5, 0.6) is 0 Å². The van der Waals surface area contributed by atoms with Gasteiger partial charge in [0.1, 0.15) is 0 Å². The Kier molecular flexibility index (Phi) is 4.85. The predicted molar refractivity (Wildman–Crippen MR) is 59.4 cm³/mol. The average molecular weight is 200 g/mol. The van der Waals surface area contributed by atoms with E-state index in [1.807, 2.05) is 0 Å². The van der Waals surface area contributed by atoms with E-state index >= 15 is 0 Å². The SMILES string of the molecule is CN1CCC(C(CCO)N(C)C)CC1. The molecule has 0 aromatic rings. The second-order valence-corrected chi connectivity index (χ2v) is 4.68. The smallest absolute Gasteiger partial charge is 0.0446 e. The van der Waals surface area contributed by atoms with Crippen molar-refractivity contribution in [3.8, 4) is 0 Å². The lowest BCUT2D eigenvalue weighted by atomic mass is 9.87. The van der Waals surface area contributed by atoms with Gasteiger partial charge in [0.15, 0.2) is 0 Å². The Hall–Kier alpha value is -0.120. The predicted octanol–water partition coefficient (Wildman–Crippen LogP) is 0.641. The maximum absolute atomic E-state index is 9.03. The maximum Gasteiger partial charge on any atom is 0.0446 e. The van der Waals surface area contributed by atoms with Crippen LogP contribution in [0.25, 0.3) is 0 Å². The maximum atomic E-state index is 9.03. The van der Waals surface area contributed by atoms with E-state index in [0.717, 1.165) is 12.3 Å². The van der Waals surface area contributed by atoms with Crippen molar-refractivity contribution in [2.45, 2.75) is 25.3 Å². The number of nitrogens with zero attached hydrogens (tertiary/aromatic N) is 2. The molecule has 0 aromatic carbocycles. The van der Waals surface area contributed by atoms with Crippen molar-refractivity contribution >= 4 is 0 Å². The van der Waals surface area contributed by atoms with Crippen molar-refractivity contribution in [2.75, 3.05) is 40.8 Å². The second-order valence-electron chi connectivity index (χ2n) is 4.68. The molecule has 1 fully saturated rings. The first-order chi connectivity index (χ1) is 6.65. The highest BCUT2D eigenvalue weighted by Crippen LogP contribution is 2.24. The van der Waals surface area contributed by atoms with Crippen molar-refractivity contribution < 1.29 is 5.11 Å². The highest BCUT2D eigenvalue weighted by Gasteiger charge is 2.26. The summed E-state index contributed by atoms with van der Waals surface area (Å²) in [7, 11) is 6.43. The van der Waals surface area contributed by atoms with Gasteiger partial charge in [0.2, 0.25) is 0 Å². The molecule has 1 aliphatic rings. The molecule has 1 saturated heterocycles. The number of hydrogen-bond donors (Lipinski definition) is 1. The minimum absolute atomic E-state index is 0.315. The van der Waals surface area contributed by atoms with Crippen LogP contribution in [-0.4, -0.2) is 61.8 Å². The van der Waals surface area contributed by atoms with Crippen LogP contribution in [0.3, 0.4) is 0 Å². The number of piperidine rings is 1.